The van der Waals surface area contributed by atoms with E-state index in [1.807, 2.05) is 20.8 Å². The third kappa shape index (κ3) is 5.56. The van der Waals surface area contributed by atoms with Gasteiger partial charge in [-0.3, -0.25) is 19.5 Å². The van der Waals surface area contributed by atoms with Crippen molar-refractivity contribution in [2.75, 3.05) is 12.4 Å². The van der Waals surface area contributed by atoms with E-state index < -0.39 is 11.6 Å². The number of nitrogens with zero attached hydrogens (tertiary/aromatic N) is 2. The van der Waals surface area contributed by atoms with Gasteiger partial charge in [-0.25, -0.2) is 9.78 Å². The molecular weight excluding hydrogens is 384 g/mol. The van der Waals surface area contributed by atoms with Gasteiger partial charge in [-0.15, -0.1) is 0 Å². The molecule has 1 aromatic carbocycles. The maximum absolute atomic E-state index is 12.6. The van der Waals surface area contributed by atoms with Crippen molar-refractivity contribution in [3.05, 3.63) is 45.5 Å². The zero-order chi connectivity index (χ0) is 21.1. The lowest BCUT2D eigenvalue weighted by molar-refractivity contribution is -0.123. The lowest BCUT2D eigenvalue weighted by atomic mass is 10.1. The Kier molecular flexibility index (Phi) is 6.45. The van der Waals surface area contributed by atoms with E-state index in [0.29, 0.717) is 27.8 Å². The van der Waals surface area contributed by atoms with Crippen molar-refractivity contribution in [3.63, 3.8) is 0 Å². The van der Waals surface area contributed by atoms with Gasteiger partial charge in [-0.1, -0.05) is 11.6 Å². The van der Waals surface area contributed by atoms with Crippen LogP contribution >= 0.6 is 11.6 Å². The first-order chi connectivity index (χ1) is 13.0. The van der Waals surface area contributed by atoms with Crippen LogP contribution < -0.4 is 16.2 Å². The summed E-state index contributed by atoms with van der Waals surface area (Å²) >= 11 is 6.01. The van der Waals surface area contributed by atoms with Crippen molar-refractivity contribution in [1.29, 1.82) is 0 Å². The van der Waals surface area contributed by atoms with Crippen LogP contribution in [0, 0.1) is 6.92 Å². The van der Waals surface area contributed by atoms with Gasteiger partial charge in [0.1, 0.15) is 12.4 Å². The monoisotopic (exact) mass is 406 g/mol. The van der Waals surface area contributed by atoms with Crippen LogP contribution in [-0.4, -0.2) is 34.2 Å². The summed E-state index contributed by atoms with van der Waals surface area (Å²) in [5, 5.41) is 5.76. The predicted octanol–water partition coefficient (Wildman–Crippen LogP) is 2.97. The molecule has 0 aliphatic carbocycles. The predicted molar refractivity (Wildman–Crippen MR) is 108 cm³/mol. The smallest absolute Gasteiger partial charge is 0.411 e. The van der Waals surface area contributed by atoms with Gasteiger partial charge in [-0.2, -0.15) is 0 Å². The molecule has 0 spiro atoms. The number of carbonyl (C=O) groups excluding carboxylic acids is 2. The van der Waals surface area contributed by atoms with E-state index in [1.54, 1.807) is 19.1 Å². The van der Waals surface area contributed by atoms with Gasteiger partial charge in [0.15, 0.2) is 0 Å². The average Bonchev–Trinajstić information content (AvgIpc) is 2.56. The molecule has 2 rings (SSSR count). The van der Waals surface area contributed by atoms with E-state index in [0.717, 1.165) is 0 Å². The molecule has 0 bridgehead atoms. The number of aromatic nitrogens is 2. The van der Waals surface area contributed by atoms with E-state index in [2.05, 4.69) is 20.4 Å². The summed E-state index contributed by atoms with van der Waals surface area (Å²) in [6.07, 6.45) is -0.674. The zero-order valence-corrected chi connectivity index (χ0v) is 17.2. The molecule has 0 radical (unpaired) electrons. The Bertz CT molecular complexity index is 963. The Morgan fingerprint density at radius 2 is 1.93 bits per heavy atom. The fourth-order valence-electron chi connectivity index (χ4n) is 2.56. The van der Waals surface area contributed by atoms with Crippen LogP contribution in [0.5, 0.6) is 0 Å². The van der Waals surface area contributed by atoms with Crippen molar-refractivity contribution in [2.45, 2.75) is 39.8 Å². The number of aryl methyl sites for hydroxylation is 1. The second kappa shape index (κ2) is 8.43. The number of methoxy groups -OCH3 is 1. The topological polar surface area (TPSA) is 102 Å². The van der Waals surface area contributed by atoms with Crippen molar-refractivity contribution in [1.82, 2.24) is 14.9 Å². The lowest BCUT2D eigenvalue weighted by Crippen LogP contribution is -2.43. The van der Waals surface area contributed by atoms with Crippen LogP contribution in [0.4, 0.5) is 10.5 Å². The molecule has 28 heavy (non-hydrogen) atoms. The number of anilines is 1. The molecule has 150 valence electrons. The van der Waals surface area contributed by atoms with Crippen molar-refractivity contribution >= 4 is 29.3 Å². The molecule has 1 aromatic heterocycles. The molecule has 1 heterocycles. The largest absolute Gasteiger partial charge is 0.453 e. The van der Waals surface area contributed by atoms with Crippen LogP contribution in [0.1, 0.15) is 26.6 Å². The van der Waals surface area contributed by atoms with Crippen LogP contribution in [0.15, 0.2) is 29.1 Å². The van der Waals surface area contributed by atoms with E-state index >= 15 is 0 Å². The molecule has 8 nitrogen and oxygen atoms in total. The van der Waals surface area contributed by atoms with Gasteiger partial charge in [0.05, 0.1) is 18.5 Å². The standard InChI is InChI=1S/C19H23ClN4O4/c1-11-21-15(9-17(26)24(11)10-16(25)23-19(2,3)4)13-7-6-12(20)8-14(13)22-18(27)28-5/h6-9H,10H2,1-5H3,(H,22,27)(H,23,25). The van der Waals surface area contributed by atoms with E-state index in [4.69, 9.17) is 11.6 Å². The number of nitrogens with one attached hydrogen (secondary N) is 2. The number of amides is 2. The Morgan fingerprint density at radius 3 is 2.50 bits per heavy atom. The van der Waals surface area contributed by atoms with Crippen molar-refractivity contribution < 1.29 is 14.3 Å². The summed E-state index contributed by atoms with van der Waals surface area (Å²) in [6.45, 7) is 7.08. The van der Waals surface area contributed by atoms with E-state index in [9.17, 15) is 14.4 Å². The molecule has 2 amide bonds. The van der Waals surface area contributed by atoms with Gasteiger partial charge in [0.25, 0.3) is 5.56 Å². The van der Waals surface area contributed by atoms with Crippen molar-refractivity contribution in [2.24, 2.45) is 0 Å². The summed E-state index contributed by atoms with van der Waals surface area (Å²) in [5.74, 6) is 0.0808. The summed E-state index contributed by atoms with van der Waals surface area (Å²) in [7, 11) is 1.24. The highest BCUT2D eigenvalue weighted by Gasteiger charge is 2.17. The minimum atomic E-state index is -0.674. The Balaban J connectivity index is 2.41. The second-order valence-corrected chi connectivity index (χ2v) is 7.65. The number of halogens is 1. The zero-order valence-electron chi connectivity index (χ0n) is 16.4. The van der Waals surface area contributed by atoms with Crippen LogP contribution in [0.3, 0.4) is 0 Å². The van der Waals surface area contributed by atoms with Gasteiger partial charge in [-0.05, 0) is 45.9 Å². The molecule has 0 saturated carbocycles. The first-order valence-electron chi connectivity index (χ1n) is 8.54. The number of carbonyl (C=O) groups is 2. The maximum atomic E-state index is 12.6. The van der Waals surface area contributed by atoms with Gasteiger partial charge >= 0.3 is 6.09 Å². The van der Waals surface area contributed by atoms with Crippen LogP contribution in [-0.2, 0) is 16.1 Å². The van der Waals surface area contributed by atoms with Crippen molar-refractivity contribution in [3.8, 4) is 11.3 Å². The Hall–Kier alpha value is -2.87. The molecule has 2 aromatic rings. The molecule has 2 N–H and O–H groups in total. The van der Waals surface area contributed by atoms with Crippen LogP contribution in [0.25, 0.3) is 11.3 Å². The third-order valence-corrected chi connectivity index (χ3v) is 3.93. The van der Waals surface area contributed by atoms with Gasteiger partial charge in [0.2, 0.25) is 5.91 Å². The van der Waals surface area contributed by atoms with Gasteiger partial charge in [0, 0.05) is 22.2 Å². The molecule has 0 aliphatic rings. The number of hydrogen-bond donors (Lipinski definition) is 2. The SMILES string of the molecule is COC(=O)Nc1cc(Cl)ccc1-c1cc(=O)n(CC(=O)NC(C)(C)C)c(C)n1. The fourth-order valence-corrected chi connectivity index (χ4v) is 2.73. The summed E-state index contributed by atoms with van der Waals surface area (Å²) in [6, 6.07) is 6.11. The highest BCUT2D eigenvalue weighted by atomic mass is 35.5. The first-order valence-corrected chi connectivity index (χ1v) is 8.92. The molecule has 0 atom stereocenters. The number of ether oxygens (including phenoxy) is 1. The van der Waals surface area contributed by atoms with E-state index in [-0.39, 0.29) is 18.0 Å². The molecule has 0 unspecified atom stereocenters. The molecule has 0 fully saturated rings. The summed E-state index contributed by atoms with van der Waals surface area (Å²) < 4.78 is 5.90. The quantitative estimate of drug-likeness (QED) is 0.812. The first kappa shape index (κ1) is 21.4. The normalized spacial score (nSPS) is 11.1. The molecular formula is C19H23ClN4O4. The summed E-state index contributed by atoms with van der Waals surface area (Å²) in [5.41, 5.74) is 0.415. The maximum Gasteiger partial charge on any atom is 0.411 e. The molecule has 0 aliphatic heterocycles. The Labute approximate surface area is 167 Å². The second-order valence-electron chi connectivity index (χ2n) is 7.22. The number of rotatable bonds is 4. The van der Waals surface area contributed by atoms with Crippen LogP contribution in [0.2, 0.25) is 5.02 Å². The highest BCUT2D eigenvalue weighted by molar-refractivity contribution is 6.31. The minimum Gasteiger partial charge on any atom is -0.453 e. The average molecular weight is 407 g/mol. The van der Waals surface area contributed by atoms with Gasteiger partial charge < -0.3 is 10.1 Å². The Morgan fingerprint density at radius 1 is 1.25 bits per heavy atom. The fraction of sp³-hybridized carbons (Fsp3) is 0.368. The highest BCUT2D eigenvalue weighted by Crippen LogP contribution is 2.29. The molecule has 0 saturated heterocycles. The number of benzene rings is 1. The molecule has 9 heteroatoms. The number of hydrogen-bond acceptors (Lipinski definition) is 5. The van der Waals surface area contributed by atoms with E-state index in [1.165, 1.54) is 23.8 Å². The third-order valence-electron chi connectivity index (χ3n) is 3.69. The minimum absolute atomic E-state index is 0.136. The lowest BCUT2D eigenvalue weighted by Gasteiger charge is -2.21. The summed E-state index contributed by atoms with van der Waals surface area (Å²) in [4.78, 5) is 40.8.